The number of likely N-dealkylation sites (tertiary alicyclic amines) is 1. The standard InChI is InChI=1S/C10H19N/c1-3-4-7-10(2)11-8-5-6-9-11/h2-9H2,1H3. The third-order valence-corrected chi connectivity index (χ3v) is 2.37. The molecule has 64 valence electrons. The van der Waals surface area contributed by atoms with Crippen LogP contribution in [0.25, 0.3) is 0 Å². The largest absolute Gasteiger partial charge is 0.375 e. The zero-order valence-corrected chi connectivity index (χ0v) is 7.60. The van der Waals surface area contributed by atoms with E-state index in [1.165, 1.54) is 50.9 Å². The molecule has 1 fully saturated rings. The summed E-state index contributed by atoms with van der Waals surface area (Å²) in [7, 11) is 0. The van der Waals surface area contributed by atoms with Crippen LogP contribution in [0.5, 0.6) is 0 Å². The Bertz CT molecular complexity index is 123. The molecule has 0 unspecified atom stereocenters. The number of nitrogens with zero attached hydrogens (tertiary/aromatic N) is 1. The highest BCUT2D eigenvalue weighted by atomic mass is 15.1. The molecule has 0 bridgehead atoms. The number of unbranched alkanes of at least 4 members (excludes halogenated alkanes) is 1. The van der Waals surface area contributed by atoms with Crippen LogP contribution in [-0.4, -0.2) is 18.0 Å². The second-order valence-corrected chi connectivity index (χ2v) is 3.36. The Morgan fingerprint density at radius 2 is 2.00 bits per heavy atom. The van der Waals surface area contributed by atoms with E-state index in [1.54, 1.807) is 0 Å². The van der Waals surface area contributed by atoms with E-state index in [-0.39, 0.29) is 0 Å². The van der Waals surface area contributed by atoms with Crippen LogP contribution in [0.3, 0.4) is 0 Å². The number of hydrogen-bond donors (Lipinski definition) is 0. The topological polar surface area (TPSA) is 3.24 Å². The molecule has 0 spiro atoms. The van der Waals surface area contributed by atoms with Crippen molar-refractivity contribution in [3.63, 3.8) is 0 Å². The van der Waals surface area contributed by atoms with Gasteiger partial charge in [0, 0.05) is 18.8 Å². The maximum absolute atomic E-state index is 4.10. The molecule has 0 aromatic carbocycles. The molecule has 0 radical (unpaired) electrons. The molecule has 1 rings (SSSR count). The van der Waals surface area contributed by atoms with Crippen molar-refractivity contribution in [2.45, 2.75) is 39.0 Å². The molecule has 0 atom stereocenters. The first-order valence-corrected chi connectivity index (χ1v) is 4.77. The van der Waals surface area contributed by atoms with Gasteiger partial charge in [-0.2, -0.15) is 0 Å². The summed E-state index contributed by atoms with van der Waals surface area (Å²) in [5.74, 6) is 0. The van der Waals surface area contributed by atoms with Crippen LogP contribution in [0.1, 0.15) is 39.0 Å². The van der Waals surface area contributed by atoms with E-state index in [2.05, 4.69) is 18.4 Å². The van der Waals surface area contributed by atoms with Crippen molar-refractivity contribution in [3.8, 4) is 0 Å². The Balaban J connectivity index is 2.17. The fraction of sp³-hybridized carbons (Fsp3) is 0.800. The van der Waals surface area contributed by atoms with Gasteiger partial charge in [-0.1, -0.05) is 19.9 Å². The van der Waals surface area contributed by atoms with E-state index >= 15 is 0 Å². The second-order valence-electron chi connectivity index (χ2n) is 3.36. The Morgan fingerprint density at radius 1 is 1.36 bits per heavy atom. The van der Waals surface area contributed by atoms with Gasteiger partial charge in [0.15, 0.2) is 0 Å². The van der Waals surface area contributed by atoms with Gasteiger partial charge < -0.3 is 4.90 Å². The van der Waals surface area contributed by atoms with E-state index in [0.29, 0.717) is 0 Å². The summed E-state index contributed by atoms with van der Waals surface area (Å²) < 4.78 is 0. The average Bonchev–Trinajstić information content (AvgIpc) is 2.52. The average molecular weight is 153 g/mol. The molecule has 1 heterocycles. The predicted octanol–water partition coefficient (Wildman–Crippen LogP) is 2.79. The summed E-state index contributed by atoms with van der Waals surface area (Å²) in [5, 5.41) is 0. The van der Waals surface area contributed by atoms with E-state index in [1.807, 2.05) is 0 Å². The smallest absolute Gasteiger partial charge is 0.0175 e. The van der Waals surface area contributed by atoms with Gasteiger partial charge in [-0.15, -0.1) is 0 Å². The number of allylic oxidation sites excluding steroid dienone is 1. The van der Waals surface area contributed by atoms with Gasteiger partial charge in [0.2, 0.25) is 0 Å². The minimum absolute atomic E-state index is 1.20. The third kappa shape index (κ3) is 2.57. The SMILES string of the molecule is C=C(CCCC)N1CCCC1. The summed E-state index contributed by atoms with van der Waals surface area (Å²) >= 11 is 0. The van der Waals surface area contributed by atoms with Crippen LogP contribution in [0.4, 0.5) is 0 Å². The van der Waals surface area contributed by atoms with Gasteiger partial charge in [0.1, 0.15) is 0 Å². The molecule has 0 saturated carbocycles. The van der Waals surface area contributed by atoms with Crippen molar-refractivity contribution in [3.05, 3.63) is 12.3 Å². The molecule has 0 aromatic rings. The number of hydrogen-bond acceptors (Lipinski definition) is 1. The lowest BCUT2D eigenvalue weighted by molar-refractivity contribution is 0.406. The lowest BCUT2D eigenvalue weighted by atomic mass is 10.2. The molecule has 1 nitrogen and oxygen atoms in total. The zero-order valence-electron chi connectivity index (χ0n) is 7.60. The van der Waals surface area contributed by atoms with Crippen LogP contribution in [0.15, 0.2) is 12.3 Å². The van der Waals surface area contributed by atoms with Gasteiger partial charge >= 0.3 is 0 Å². The maximum atomic E-state index is 4.10. The molecule has 1 saturated heterocycles. The minimum Gasteiger partial charge on any atom is -0.375 e. The van der Waals surface area contributed by atoms with E-state index in [9.17, 15) is 0 Å². The highest BCUT2D eigenvalue weighted by Crippen LogP contribution is 2.17. The summed E-state index contributed by atoms with van der Waals surface area (Å²) in [4.78, 5) is 2.44. The first-order valence-electron chi connectivity index (χ1n) is 4.77. The summed E-state index contributed by atoms with van der Waals surface area (Å²) in [6.45, 7) is 8.84. The highest BCUT2D eigenvalue weighted by molar-refractivity contribution is 4.95. The molecule has 1 aliphatic heterocycles. The first kappa shape index (κ1) is 8.63. The molecule has 0 N–H and O–H groups in total. The first-order chi connectivity index (χ1) is 5.34. The van der Waals surface area contributed by atoms with Gasteiger partial charge in [-0.05, 0) is 25.7 Å². The number of rotatable bonds is 4. The Labute approximate surface area is 70.1 Å². The maximum Gasteiger partial charge on any atom is 0.0175 e. The van der Waals surface area contributed by atoms with Crippen molar-refractivity contribution in [2.24, 2.45) is 0 Å². The lowest BCUT2D eigenvalue weighted by Crippen LogP contribution is -2.17. The minimum atomic E-state index is 1.20. The molecular formula is C10H19N. The molecule has 1 aliphatic rings. The monoisotopic (exact) mass is 153 g/mol. The molecular weight excluding hydrogens is 134 g/mol. The normalized spacial score (nSPS) is 17.4. The Hall–Kier alpha value is -0.460. The van der Waals surface area contributed by atoms with Crippen molar-refractivity contribution >= 4 is 0 Å². The van der Waals surface area contributed by atoms with Crippen LogP contribution in [0, 0.1) is 0 Å². The van der Waals surface area contributed by atoms with Gasteiger partial charge in [-0.25, -0.2) is 0 Å². The van der Waals surface area contributed by atoms with E-state index in [0.717, 1.165) is 0 Å². The summed E-state index contributed by atoms with van der Waals surface area (Å²) in [6.07, 6.45) is 6.52. The Morgan fingerprint density at radius 3 is 2.55 bits per heavy atom. The van der Waals surface area contributed by atoms with Crippen molar-refractivity contribution in [1.29, 1.82) is 0 Å². The fourth-order valence-electron chi connectivity index (χ4n) is 1.57. The molecule has 0 aliphatic carbocycles. The quantitative estimate of drug-likeness (QED) is 0.600. The van der Waals surface area contributed by atoms with Crippen LogP contribution in [0.2, 0.25) is 0 Å². The van der Waals surface area contributed by atoms with E-state index < -0.39 is 0 Å². The van der Waals surface area contributed by atoms with E-state index in [4.69, 9.17) is 0 Å². The summed E-state index contributed by atoms with van der Waals surface area (Å²) in [6, 6.07) is 0. The molecule has 0 amide bonds. The fourth-order valence-corrected chi connectivity index (χ4v) is 1.57. The Kier molecular flexibility index (Phi) is 3.47. The van der Waals surface area contributed by atoms with Crippen LogP contribution >= 0.6 is 0 Å². The lowest BCUT2D eigenvalue weighted by Gasteiger charge is -2.19. The molecule has 1 heteroatoms. The van der Waals surface area contributed by atoms with Gasteiger partial charge in [0.25, 0.3) is 0 Å². The van der Waals surface area contributed by atoms with Crippen molar-refractivity contribution in [2.75, 3.05) is 13.1 Å². The van der Waals surface area contributed by atoms with Crippen LogP contribution < -0.4 is 0 Å². The van der Waals surface area contributed by atoms with Gasteiger partial charge in [0.05, 0.1) is 0 Å². The predicted molar refractivity (Wildman–Crippen MR) is 49.5 cm³/mol. The van der Waals surface area contributed by atoms with Crippen molar-refractivity contribution < 1.29 is 0 Å². The summed E-state index contributed by atoms with van der Waals surface area (Å²) in [5.41, 5.74) is 1.37. The molecule has 11 heavy (non-hydrogen) atoms. The molecule has 0 aromatic heterocycles. The van der Waals surface area contributed by atoms with Crippen molar-refractivity contribution in [1.82, 2.24) is 4.90 Å². The van der Waals surface area contributed by atoms with Gasteiger partial charge in [-0.3, -0.25) is 0 Å². The third-order valence-electron chi connectivity index (χ3n) is 2.37. The van der Waals surface area contributed by atoms with Crippen LogP contribution in [-0.2, 0) is 0 Å². The second kappa shape index (κ2) is 4.42. The zero-order chi connectivity index (χ0) is 8.10. The highest BCUT2D eigenvalue weighted by Gasteiger charge is 2.11.